The number of nitrogens with one attached hydrogen (secondary N) is 3. The Balaban J connectivity index is 0.00000135. The van der Waals surface area contributed by atoms with Gasteiger partial charge in [-0.15, -0.1) is 0 Å². The standard InChI is InChI=1S/C26H38N6O7.C2HF3O2/c27-14-4-1-2-5-16-29-26(39)19(30-21(34)13-18-32-24(37)10-11-25(32)38)7-3-6-15-28-20(33)12-17-31-22(35)8-9-23(31)36;3-2(4,5)1(6)7/h8-11,19H,1-7,12-18,27H2,(H,28,33)(H,29,39)(H,30,34);(H,6,7)/t19-;/m0./s1. The van der Waals surface area contributed by atoms with E-state index < -0.39 is 47.7 Å². The van der Waals surface area contributed by atoms with E-state index in [1.54, 1.807) is 0 Å². The molecule has 46 heavy (non-hydrogen) atoms. The third kappa shape index (κ3) is 15.4. The van der Waals surface area contributed by atoms with Crippen molar-refractivity contribution in [3.8, 4) is 0 Å². The molecule has 0 saturated carbocycles. The second kappa shape index (κ2) is 20.4. The number of carbonyl (C=O) groups is 8. The van der Waals surface area contributed by atoms with Crippen LogP contribution in [0, 0.1) is 0 Å². The minimum Gasteiger partial charge on any atom is -0.475 e. The van der Waals surface area contributed by atoms with E-state index in [-0.39, 0.29) is 37.7 Å². The van der Waals surface area contributed by atoms with Crippen molar-refractivity contribution >= 4 is 47.3 Å². The molecule has 1 atom stereocenters. The van der Waals surface area contributed by atoms with Crippen LogP contribution in [0.4, 0.5) is 13.2 Å². The Morgan fingerprint density at radius 1 is 0.717 bits per heavy atom. The van der Waals surface area contributed by atoms with Crippen molar-refractivity contribution in [2.24, 2.45) is 5.73 Å². The Bertz CT molecular complexity index is 1150. The van der Waals surface area contributed by atoms with Gasteiger partial charge in [0.15, 0.2) is 0 Å². The lowest BCUT2D eigenvalue weighted by molar-refractivity contribution is -0.192. The number of nitrogens with zero attached hydrogens (tertiary/aromatic N) is 2. The highest BCUT2D eigenvalue weighted by molar-refractivity contribution is 6.13. The number of unbranched alkanes of at least 4 members (excludes halogenated alkanes) is 4. The first kappa shape index (κ1) is 39.4. The lowest BCUT2D eigenvalue weighted by Crippen LogP contribution is -2.47. The number of alkyl halides is 3. The first-order chi connectivity index (χ1) is 21.7. The molecular weight excluding hydrogens is 621 g/mol. The smallest absolute Gasteiger partial charge is 0.475 e. The molecule has 2 rings (SSSR count). The summed E-state index contributed by atoms with van der Waals surface area (Å²) in [5.74, 6) is -5.68. The van der Waals surface area contributed by atoms with Gasteiger partial charge >= 0.3 is 12.1 Å². The van der Waals surface area contributed by atoms with Crippen LogP contribution in [-0.4, -0.2) is 107 Å². The summed E-state index contributed by atoms with van der Waals surface area (Å²) < 4.78 is 31.7. The number of rotatable bonds is 19. The normalized spacial score (nSPS) is 14.7. The third-order valence-corrected chi connectivity index (χ3v) is 6.49. The van der Waals surface area contributed by atoms with E-state index in [0.717, 1.165) is 59.8 Å². The van der Waals surface area contributed by atoms with Gasteiger partial charge in [-0.1, -0.05) is 12.8 Å². The van der Waals surface area contributed by atoms with Gasteiger partial charge < -0.3 is 26.8 Å². The zero-order valence-electron chi connectivity index (χ0n) is 25.1. The summed E-state index contributed by atoms with van der Waals surface area (Å²) in [7, 11) is 0. The molecule has 2 aliphatic heterocycles. The summed E-state index contributed by atoms with van der Waals surface area (Å²) in [6, 6.07) is -0.806. The van der Waals surface area contributed by atoms with Crippen molar-refractivity contribution in [1.82, 2.24) is 25.8 Å². The molecule has 6 N–H and O–H groups in total. The Morgan fingerprint density at radius 2 is 1.15 bits per heavy atom. The molecule has 0 spiro atoms. The molecule has 256 valence electrons. The summed E-state index contributed by atoms with van der Waals surface area (Å²) in [4.78, 5) is 94.6. The Kier molecular flexibility index (Phi) is 17.5. The zero-order valence-corrected chi connectivity index (χ0v) is 25.1. The van der Waals surface area contributed by atoms with Crippen molar-refractivity contribution in [2.75, 3.05) is 32.7 Å². The molecule has 0 fully saturated rings. The highest BCUT2D eigenvalue weighted by Gasteiger charge is 2.38. The van der Waals surface area contributed by atoms with E-state index in [4.69, 9.17) is 15.6 Å². The van der Waals surface area contributed by atoms with Crippen LogP contribution in [0.1, 0.15) is 57.8 Å². The Morgan fingerprint density at radius 3 is 1.63 bits per heavy atom. The van der Waals surface area contributed by atoms with Gasteiger partial charge in [0, 0.05) is 63.3 Å². The summed E-state index contributed by atoms with van der Waals surface area (Å²) >= 11 is 0. The third-order valence-electron chi connectivity index (χ3n) is 6.49. The van der Waals surface area contributed by atoms with E-state index in [1.165, 1.54) is 0 Å². The number of amides is 7. The summed E-state index contributed by atoms with van der Waals surface area (Å²) in [6.45, 7) is 1.34. The SMILES string of the molecule is NCCCCCCNC(=O)[C@H](CCCCNC(=O)CCN1C(=O)C=CC1=O)NC(=O)CCN1C(=O)C=CC1=O.O=C(O)C(F)(F)F. The molecule has 0 aromatic carbocycles. The number of hydrogen-bond donors (Lipinski definition) is 5. The van der Waals surface area contributed by atoms with E-state index >= 15 is 0 Å². The lowest BCUT2D eigenvalue weighted by atomic mass is 10.1. The molecule has 0 aromatic heterocycles. The number of halogens is 3. The maximum Gasteiger partial charge on any atom is 0.490 e. The fourth-order valence-electron chi connectivity index (χ4n) is 4.01. The van der Waals surface area contributed by atoms with Gasteiger partial charge in [0.1, 0.15) is 6.04 Å². The molecule has 0 unspecified atom stereocenters. The van der Waals surface area contributed by atoms with Crippen LogP contribution in [0.3, 0.4) is 0 Å². The van der Waals surface area contributed by atoms with Gasteiger partial charge in [-0.05, 0) is 38.6 Å². The van der Waals surface area contributed by atoms with E-state index in [9.17, 15) is 46.7 Å². The highest BCUT2D eigenvalue weighted by atomic mass is 19.4. The number of carboxylic acids is 1. The molecule has 7 amide bonds. The van der Waals surface area contributed by atoms with E-state index in [1.807, 2.05) is 0 Å². The quantitative estimate of drug-likeness (QED) is 0.0895. The molecule has 2 aliphatic rings. The molecule has 2 heterocycles. The average Bonchev–Trinajstić information content (AvgIpc) is 3.49. The van der Waals surface area contributed by atoms with Crippen LogP contribution in [0.15, 0.2) is 24.3 Å². The average molecular weight is 661 g/mol. The molecular formula is C28H39F3N6O9. The van der Waals surface area contributed by atoms with Crippen LogP contribution < -0.4 is 21.7 Å². The van der Waals surface area contributed by atoms with Crippen molar-refractivity contribution in [2.45, 2.75) is 70.0 Å². The van der Waals surface area contributed by atoms with Crippen LogP contribution >= 0.6 is 0 Å². The number of aliphatic carboxylic acids is 1. The van der Waals surface area contributed by atoms with E-state index in [0.29, 0.717) is 38.9 Å². The number of nitrogens with two attached hydrogens (primary N) is 1. The van der Waals surface area contributed by atoms with E-state index in [2.05, 4.69) is 16.0 Å². The fraction of sp³-hybridized carbons (Fsp3) is 0.571. The summed E-state index contributed by atoms with van der Waals surface area (Å²) in [5, 5.41) is 15.4. The number of hydrogen-bond acceptors (Lipinski definition) is 9. The number of carboxylic acid groups (broad SMARTS) is 1. The maximum absolute atomic E-state index is 12.8. The largest absolute Gasteiger partial charge is 0.490 e. The van der Waals surface area contributed by atoms with Gasteiger partial charge in [0.25, 0.3) is 23.6 Å². The fourth-order valence-corrected chi connectivity index (χ4v) is 4.01. The topological polar surface area (TPSA) is 225 Å². The van der Waals surface area contributed by atoms with Gasteiger partial charge in [-0.2, -0.15) is 13.2 Å². The predicted molar refractivity (Wildman–Crippen MR) is 154 cm³/mol. The summed E-state index contributed by atoms with van der Waals surface area (Å²) in [5.41, 5.74) is 5.49. The molecule has 0 aromatic rings. The highest BCUT2D eigenvalue weighted by Crippen LogP contribution is 2.13. The number of carbonyl (C=O) groups excluding carboxylic acids is 7. The van der Waals surface area contributed by atoms with Gasteiger partial charge in [0.05, 0.1) is 0 Å². The molecule has 18 heteroatoms. The minimum absolute atomic E-state index is 0.00167. The van der Waals surface area contributed by atoms with Crippen LogP contribution in [0.5, 0.6) is 0 Å². The predicted octanol–water partition coefficient (Wildman–Crippen LogP) is -0.343. The number of imide groups is 2. The molecule has 0 bridgehead atoms. The van der Waals surface area contributed by atoms with Gasteiger partial charge in [-0.25, -0.2) is 4.79 Å². The molecule has 0 aliphatic carbocycles. The van der Waals surface area contributed by atoms with Gasteiger partial charge in [0.2, 0.25) is 17.7 Å². The Hall–Kier alpha value is -4.61. The maximum atomic E-state index is 12.8. The van der Waals surface area contributed by atoms with Crippen molar-refractivity contribution < 1.29 is 56.6 Å². The molecule has 0 radical (unpaired) electrons. The second-order valence-corrected chi connectivity index (χ2v) is 10.1. The molecule has 15 nitrogen and oxygen atoms in total. The van der Waals surface area contributed by atoms with Crippen LogP contribution in [0.2, 0.25) is 0 Å². The summed E-state index contributed by atoms with van der Waals surface area (Å²) in [6.07, 6.45) is 4.39. The van der Waals surface area contributed by atoms with Crippen molar-refractivity contribution in [3.05, 3.63) is 24.3 Å². The van der Waals surface area contributed by atoms with Crippen LogP contribution in [-0.2, 0) is 38.4 Å². The van der Waals surface area contributed by atoms with Crippen molar-refractivity contribution in [3.63, 3.8) is 0 Å². The first-order valence-corrected chi connectivity index (χ1v) is 14.6. The van der Waals surface area contributed by atoms with Crippen LogP contribution in [0.25, 0.3) is 0 Å². The monoisotopic (exact) mass is 660 g/mol. The minimum atomic E-state index is -5.08. The molecule has 0 saturated heterocycles. The van der Waals surface area contributed by atoms with Gasteiger partial charge in [-0.3, -0.25) is 43.4 Å². The van der Waals surface area contributed by atoms with Crippen molar-refractivity contribution in [1.29, 1.82) is 0 Å². The Labute approximate surface area is 262 Å². The first-order valence-electron chi connectivity index (χ1n) is 14.6. The zero-order chi connectivity index (χ0) is 34.7. The lowest BCUT2D eigenvalue weighted by Gasteiger charge is -2.20. The second-order valence-electron chi connectivity index (χ2n) is 10.1.